The summed E-state index contributed by atoms with van der Waals surface area (Å²) in [5, 5.41) is 11.3. The molecule has 0 saturated heterocycles. The van der Waals surface area contributed by atoms with Crippen molar-refractivity contribution in [1.82, 2.24) is 0 Å². The van der Waals surface area contributed by atoms with E-state index in [0.29, 0.717) is 12.8 Å². The maximum absolute atomic E-state index is 16.5. The Morgan fingerprint density at radius 1 is 1.32 bits per heavy atom. The van der Waals surface area contributed by atoms with Gasteiger partial charge >= 0.3 is 5.97 Å². The van der Waals surface area contributed by atoms with Crippen LogP contribution in [0.5, 0.6) is 0 Å². The molecule has 5 heteroatoms. The maximum atomic E-state index is 16.5. The van der Waals surface area contributed by atoms with E-state index in [0.717, 1.165) is 12.0 Å². The number of rotatable bonds is 6. The Morgan fingerprint density at radius 2 is 1.96 bits per heavy atom. The molecule has 2 rings (SSSR count). The molecule has 0 radical (unpaired) electrons. The van der Waals surface area contributed by atoms with E-state index >= 15 is 4.39 Å². The lowest BCUT2D eigenvalue weighted by Crippen LogP contribution is -2.64. The lowest BCUT2D eigenvalue weighted by Gasteiger charge is -2.46. The highest BCUT2D eigenvalue weighted by Gasteiger charge is 2.65. The quantitative estimate of drug-likeness (QED) is 0.718. The van der Waals surface area contributed by atoms with Crippen molar-refractivity contribution in [1.29, 1.82) is 0 Å². The van der Waals surface area contributed by atoms with E-state index < -0.39 is 35.2 Å². The molecule has 1 aliphatic rings. The fraction of sp³-hybridized carbons (Fsp3) is 0.565. The number of carbonyl (C=O) groups is 2. The second-order valence-electron chi connectivity index (χ2n) is 8.64. The van der Waals surface area contributed by atoms with Crippen LogP contribution in [0.4, 0.5) is 4.39 Å². The minimum absolute atomic E-state index is 0.0722. The zero-order valence-electron chi connectivity index (χ0n) is 17.2. The van der Waals surface area contributed by atoms with Gasteiger partial charge in [-0.2, -0.15) is 0 Å². The van der Waals surface area contributed by atoms with Gasteiger partial charge in [0.2, 0.25) is 5.67 Å². The molecule has 0 bridgehead atoms. The van der Waals surface area contributed by atoms with Crippen molar-refractivity contribution in [2.75, 3.05) is 0 Å². The molecule has 154 valence electrons. The van der Waals surface area contributed by atoms with Crippen LogP contribution in [0, 0.1) is 5.92 Å². The summed E-state index contributed by atoms with van der Waals surface area (Å²) in [6.07, 6.45) is 4.07. The minimum Gasteiger partial charge on any atom is -0.457 e. The summed E-state index contributed by atoms with van der Waals surface area (Å²) >= 11 is 0. The number of hydrogen-bond acceptors (Lipinski definition) is 4. The minimum atomic E-state index is -2.69. The summed E-state index contributed by atoms with van der Waals surface area (Å²) in [5.74, 6) is -2.28. The first-order valence-electron chi connectivity index (χ1n) is 9.92. The van der Waals surface area contributed by atoms with Gasteiger partial charge in [0.15, 0.2) is 0 Å². The molecule has 0 aromatic heterocycles. The van der Waals surface area contributed by atoms with Crippen LogP contribution in [-0.4, -0.2) is 33.7 Å². The Bertz CT molecular complexity index is 722. The third-order valence-electron chi connectivity index (χ3n) is 5.09. The molecule has 0 heterocycles. The van der Waals surface area contributed by atoms with Crippen LogP contribution in [0.3, 0.4) is 0 Å². The number of halogens is 1. The zero-order chi connectivity index (χ0) is 21.0. The highest BCUT2D eigenvalue weighted by Crippen LogP contribution is 2.47. The van der Waals surface area contributed by atoms with Gasteiger partial charge in [-0.05, 0) is 38.8 Å². The number of ketones is 1. The molecular weight excluding hydrogens is 359 g/mol. The molecule has 0 aliphatic heterocycles. The van der Waals surface area contributed by atoms with Crippen LogP contribution < -0.4 is 0 Å². The highest BCUT2D eigenvalue weighted by molar-refractivity contribution is 5.90. The number of Topliss-reactive ketones (excluding diaryl/α,β-unsaturated/α-hetero) is 1. The molecule has 1 aromatic rings. The van der Waals surface area contributed by atoms with Gasteiger partial charge in [0.1, 0.15) is 17.0 Å². The van der Waals surface area contributed by atoms with Crippen LogP contribution >= 0.6 is 0 Å². The first kappa shape index (κ1) is 22.3. The van der Waals surface area contributed by atoms with E-state index in [4.69, 9.17) is 4.74 Å². The molecule has 0 spiro atoms. The summed E-state index contributed by atoms with van der Waals surface area (Å²) in [4.78, 5) is 25.3. The van der Waals surface area contributed by atoms with Crippen LogP contribution in [0.25, 0.3) is 6.08 Å². The van der Waals surface area contributed by atoms with Crippen molar-refractivity contribution in [2.24, 2.45) is 5.92 Å². The molecule has 0 unspecified atom stereocenters. The highest BCUT2D eigenvalue weighted by atomic mass is 19.1. The number of ether oxygens (including phenoxy) is 1. The first-order valence-corrected chi connectivity index (χ1v) is 9.92. The summed E-state index contributed by atoms with van der Waals surface area (Å²) in [5.41, 5.74) is -5.10. The fourth-order valence-electron chi connectivity index (χ4n) is 3.70. The van der Waals surface area contributed by atoms with Crippen LogP contribution in [0.15, 0.2) is 36.4 Å². The molecule has 28 heavy (non-hydrogen) atoms. The molecule has 4 nitrogen and oxygen atoms in total. The number of hydrogen-bond donors (Lipinski definition) is 1. The maximum Gasteiger partial charge on any atom is 0.348 e. The van der Waals surface area contributed by atoms with E-state index in [1.807, 2.05) is 25.1 Å². The average Bonchev–Trinajstić information content (AvgIpc) is 2.61. The number of esters is 1. The van der Waals surface area contributed by atoms with Crippen molar-refractivity contribution in [3.63, 3.8) is 0 Å². The molecule has 1 aromatic carbocycles. The van der Waals surface area contributed by atoms with E-state index in [-0.39, 0.29) is 12.2 Å². The smallest absolute Gasteiger partial charge is 0.348 e. The topological polar surface area (TPSA) is 63.6 Å². The molecule has 1 fully saturated rings. The molecule has 1 saturated carbocycles. The van der Waals surface area contributed by atoms with Gasteiger partial charge in [0.05, 0.1) is 0 Å². The fourth-order valence-corrected chi connectivity index (χ4v) is 3.70. The summed E-state index contributed by atoms with van der Waals surface area (Å²) < 4.78 is 21.8. The SMILES string of the molecule is CCCC[C@@H]1CC(=O)C[C@](O)(/C=C/c2ccccc2)[C@@]1(F)C(=O)OC(C)(C)C. The van der Waals surface area contributed by atoms with Crippen molar-refractivity contribution in [3.05, 3.63) is 42.0 Å². The first-order chi connectivity index (χ1) is 13.0. The predicted octanol–water partition coefficient (Wildman–Crippen LogP) is 4.65. The second-order valence-corrected chi connectivity index (χ2v) is 8.64. The monoisotopic (exact) mass is 390 g/mol. The van der Waals surface area contributed by atoms with Gasteiger partial charge in [-0.1, -0.05) is 56.2 Å². The van der Waals surface area contributed by atoms with Gasteiger partial charge in [0, 0.05) is 18.8 Å². The Hall–Kier alpha value is -2.01. The molecular formula is C23H31FO4. The van der Waals surface area contributed by atoms with E-state index in [2.05, 4.69) is 0 Å². The van der Waals surface area contributed by atoms with E-state index in [1.165, 1.54) is 6.08 Å². The Morgan fingerprint density at radius 3 is 2.54 bits per heavy atom. The molecule has 0 amide bonds. The Kier molecular flexibility index (Phi) is 6.81. The Balaban J connectivity index is 2.48. The van der Waals surface area contributed by atoms with Crippen molar-refractivity contribution < 1.29 is 23.8 Å². The molecule has 1 aliphatic carbocycles. The lowest BCUT2D eigenvalue weighted by molar-refractivity contribution is -0.200. The third kappa shape index (κ3) is 4.88. The van der Waals surface area contributed by atoms with Crippen molar-refractivity contribution in [3.8, 4) is 0 Å². The number of carbonyl (C=O) groups excluding carboxylic acids is 2. The number of aliphatic hydroxyl groups is 1. The van der Waals surface area contributed by atoms with Crippen LogP contribution in [0.1, 0.15) is 65.4 Å². The van der Waals surface area contributed by atoms with Gasteiger partial charge < -0.3 is 9.84 Å². The van der Waals surface area contributed by atoms with Gasteiger partial charge in [-0.3, -0.25) is 4.79 Å². The van der Waals surface area contributed by atoms with E-state index in [1.54, 1.807) is 39.0 Å². The lowest BCUT2D eigenvalue weighted by atomic mass is 9.64. The Labute approximate surface area is 166 Å². The van der Waals surface area contributed by atoms with Crippen molar-refractivity contribution >= 4 is 17.8 Å². The normalized spacial score (nSPS) is 28.5. The van der Waals surface area contributed by atoms with Gasteiger partial charge in [-0.15, -0.1) is 0 Å². The van der Waals surface area contributed by atoms with Crippen molar-refractivity contribution in [2.45, 2.75) is 76.7 Å². The van der Waals surface area contributed by atoms with Gasteiger partial charge in [-0.25, -0.2) is 9.18 Å². The summed E-state index contributed by atoms with van der Waals surface area (Å²) in [6, 6.07) is 9.07. The zero-order valence-corrected chi connectivity index (χ0v) is 17.2. The standard InChI is InChI=1S/C23H31FO4/c1-5-6-12-18-15-19(25)16-22(27,14-13-17-10-8-7-9-11-17)23(18,24)20(26)28-21(2,3)4/h7-11,13-14,18,27H,5-6,12,15-16H2,1-4H3/b14-13+/t18-,22-,23+/m1/s1. The number of alkyl halides is 1. The predicted molar refractivity (Wildman–Crippen MR) is 107 cm³/mol. The van der Waals surface area contributed by atoms with E-state index in [9.17, 15) is 14.7 Å². The van der Waals surface area contributed by atoms with Gasteiger partial charge in [0.25, 0.3) is 0 Å². The molecule has 3 atom stereocenters. The third-order valence-corrected chi connectivity index (χ3v) is 5.09. The van der Waals surface area contributed by atoms with Crippen LogP contribution in [-0.2, 0) is 14.3 Å². The number of benzene rings is 1. The molecule has 1 N–H and O–H groups in total. The number of unbranched alkanes of at least 4 members (excludes halogenated alkanes) is 1. The van der Waals surface area contributed by atoms with Crippen LogP contribution in [0.2, 0.25) is 0 Å². The summed E-state index contributed by atoms with van der Waals surface area (Å²) in [6.45, 7) is 6.92. The largest absolute Gasteiger partial charge is 0.457 e. The summed E-state index contributed by atoms with van der Waals surface area (Å²) in [7, 11) is 0. The second kappa shape index (κ2) is 8.56. The average molecular weight is 390 g/mol.